The zero-order valence-electron chi connectivity index (χ0n) is 20.4. The van der Waals surface area contributed by atoms with Crippen LogP contribution < -0.4 is 0 Å². The second-order valence-corrected chi connectivity index (χ2v) is 11.1. The van der Waals surface area contributed by atoms with Crippen molar-refractivity contribution in [2.75, 3.05) is 0 Å². The number of aromatic nitrogens is 1. The Morgan fingerprint density at radius 2 is 1.55 bits per heavy atom. The molecule has 2 heterocycles. The molecule has 0 atom stereocenters. The van der Waals surface area contributed by atoms with Crippen LogP contribution in [0.1, 0.15) is 22.4 Å². The second kappa shape index (κ2) is 9.99. The molecule has 2 amide bonds. The molecule has 0 saturated carbocycles. The lowest BCUT2D eigenvalue weighted by molar-refractivity contribution is -0.123. The number of rotatable bonds is 5. The average Bonchev–Trinajstić information content (AvgIpc) is 3.33. The molecule has 38 heavy (non-hydrogen) atoms. The summed E-state index contributed by atoms with van der Waals surface area (Å²) in [6.45, 7) is 2.81. The van der Waals surface area contributed by atoms with Crippen LogP contribution in [0.3, 0.4) is 0 Å². The molecule has 0 unspecified atom stereocenters. The number of hydrogen-bond donors (Lipinski definition) is 0. The summed E-state index contributed by atoms with van der Waals surface area (Å²) in [6, 6.07) is 27.5. The predicted molar refractivity (Wildman–Crippen MR) is 158 cm³/mol. The Labute approximate surface area is 234 Å². The SMILES string of the molecule is Cc1c(/C=C2/SC(=O)N(Cc3cccc4ccccc34)C2=O)c2ccccc2n1Cc1ccc(Cl)cc1Cl. The Bertz CT molecular complexity index is 1780. The van der Waals surface area contributed by atoms with Crippen molar-refractivity contribution in [2.45, 2.75) is 20.0 Å². The maximum Gasteiger partial charge on any atom is 0.293 e. The van der Waals surface area contributed by atoms with Crippen LogP contribution in [-0.4, -0.2) is 20.6 Å². The molecule has 0 spiro atoms. The van der Waals surface area contributed by atoms with E-state index in [2.05, 4.69) is 10.6 Å². The fourth-order valence-corrected chi connectivity index (χ4v) is 6.32. The number of carbonyl (C=O) groups is 2. The predicted octanol–water partition coefficient (Wildman–Crippen LogP) is 8.69. The number of nitrogens with zero attached hydrogens (tertiary/aromatic N) is 2. The Balaban J connectivity index is 1.36. The first-order chi connectivity index (χ1) is 18.4. The molecule has 7 heteroatoms. The normalized spacial score (nSPS) is 14.9. The summed E-state index contributed by atoms with van der Waals surface area (Å²) in [4.78, 5) is 28.2. The van der Waals surface area contributed by atoms with Crippen LogP contribution in [0.2, 0.25) is 10.0 Å². The molecule has 188 valence electrons. The number of hydrogen-bond acceptors (Lipinski definition) is 3. The van der Waals surface area contributed by atoms with Crippen LogP contribution in [0.25, 0.3) is 27.8 Å². The third-order valence-electron chi connectivity index (χ3n) is 6.98. The van der Waals surface area contributed by atoms with Crippen molar-refractivity contribution in [3.05, 3.63) is 122 Å². The molecule has 4 aromatic carbocycles. The van der Waals surface area contributed by atoms with Gasteiger partial charge in [-0.3, -0.25) is 14.5 Å². The van der Waals surface area contributed by atoms with E-state index in [1.807, 2.05) is 85.8 Å². The van der Waals surface area contributed by atoms with Gasteiger partial charge in [-0.1, -0.05) is 89.9 Å². The number of fused-ring (bicyclic) bond motifs is 2. The zero-order valence-corrected chi connectivity index (χ0v) is 22.8. The van der Waals surface area contributed by atoms with Gasteiger partial charge in [0, 0.05) is 38.8 Å². The smallest absolute Gasteiger partial charge is 0.293 e. The highest BCUT2D eigenvalue weighted by atomic mass is 35.5. The summed E-state index contributed by atoms with van der Waals surface area (Å²) in [5, 5.41) is 4.06. The van der Waals surface area contributed by atoms with Crippen molar-refractivity contribution in [3.63, 3.8) is 0 Å². The second-order valence-electron chi connectivity index (χ2n) is 9.24. The summed E-state index contributed by atoms with van der Waals surface area (Å²) < 4.78 is 2.18. The fraction of sp³-hybridized carbons (Fsp3) is 0.0968. The van der Waals surface area contributed by atoms with E-state index in [1.54, 1.807) is 6.07 Å². The maximum atomic E-state index is 13.5. The molecule has 1 aliphatic rings. The lowest BCUT2D eigenvalue weighted by Gasteiger charge is -2.14. The van der Waals surface area contributed by atoms with E-state index in [9.17, 15) is 9.59 Å². The van der Waals surface area contributed by atoms with Crippen molar-refractivity contribution in [2.24, 2.45) is 0 Å². The summed E-state index contributed by atoms with van der Waals surface area (Å²) in [7, 11) is 0. The Morgan fingerprint density at radius 3 is 2.37 bits per heavy atom. The van der Waals surface area contributed by atoms with Gasteiger partial charge < -0.3 is 4.57 Å². The highest BCUT2D eigenvalue weighted by Crippen LogP contribution is 2.37. The first kappa shape index (κ1) is 24.8. The van der Waals surface area contributed by atoms with Crippen molar-refractivity contribution < 1.29 is 9.59 Å². The van der Waals surface area contributed by atoms with Gasteiger partial charge in [0.15, 0.2) is 0 Å². The van der Waals surface area contributed by atoms with Crippen molar-refractivity contribution in [1.82, 2.24) is 9.47 Å². The Morgan fingerprint density at radius 1 is 0.816 bits per heavy atom. The van der Waals surface area contributed by atoms with E-state index in [4.69, 9.17) is 23.2 Å². The van der Waals surface area contributed by atoms with Crippen LogP contribution in [0.4, 0.5) is 4.79 Å². The topological polar surface area (TPSA) is 42.3 Å². The van der Waals surface area contributed by atoms with Gasteiger partial charge in [-0.2, -0.15) is 0 Å². The zero-order chi connectivity index (χ0) is 26.4. The number of thioether (sulfide) groups is 1. The van der Waals surface area contributed by atoms with Crippen molar-refractivity contribution in [3.8, 4) is 0 Å². The number of imide groups is 1. The maximum absolute atomic E-state index is 13.5. The van der Waals surface area contributed by atoms with Crippen molar-refractivity contribution in [1.29, 1.82) is 0 Å². The minimum atomic E-state index is -0.273. The van der Waals surface area contributed by atoms with Crippen LogP contribution in [0, 0.1) is 6.92 Å². The highest BCUT2D eigenvalue weighted by Gasteiger charge is 2.35. The first-order valence-electron chi connectivity index (χ1n) is 12.1. The van der Waals surface area contributed by atoms with Crippen LogP contribution in [0.15, 0.2) is 89.8 Å². The largest absolute Gasteiger partial charge is 0.340 e. The van der Waals surface area contributed by atoms with E-state index in [0.29, 0.717) is 21.5 Å². The molecule has 1 aliphatic heterocycles. The minimum Gasteiger partial charge on any atom is -0.340 e. The van der Waals surface area contributed by atoms with Crippen LogP contribution in [0.5, 0.6) is 0 Å². The third-order valence-corrected chi connectivity index (χ3v) is 8.48. The Hall–Kier alpha value is -3.51. The number of benzene rings is 4. The van der Waals surface area contributed by atoms with Gasteiger partial charge in [-0.25, -0.2) is 0 Å². The molecule has 1 aromatic heterocycles. The molecule has 1 fully saturated rings. The number of carbonyl (C=O) groups excluding carboxylic acids is 2. The third kappa shape index (κ3) is 4.41. The van der Waals surface area contributed by atoms with Gasteiger partial charge in [0.05, 0.1) is 11.4 Å². The molecule has 1 saturated heterocycles. The molecular formula is C31H22Cl2N2O2S. The van der Waals surface area contributed by atoms with Gasteiger partial charge in [-0.05, 0) is 64.9 Å². The van der Waals surface area contributed by atoms with E-state index in [-0.39, 0.29) is 17.7 Å². The number of para-hydroxylation sites is 1. The molecule has 6 rings (SSSR count). The quantitative estimate of drug-likeness (QED) is 0.203. The van der Waals surface area contributed by atoms with E-state index in [1.165, 1.54) is 4.90 Å². The molecule has 0 bridgehead atoms. The van der Waals surface area contributed by atoms with Gasteiger partial charge in [-0.15, -0.1) is 0 Å². The monoisotopic (exact) mass is 556 g/mol. The lowest BCUT2D eigenvalue weighted by Crippen LogP contribution is -2.27. The lowest BCUT2D eigenvalue weighted by atomic mass is 10.0. The van der Waals surface area contributed by atoms with E-state index in [0.717, 1.165) is 55.8 Å². The molecular weight excluding hydrogens is 535 g/mol. The molecule has 5 aromatic rings. The summed E-state index contributed by atoms with van der Waals surface area (Å²) in [5.74, 6) is -0.273. The standard InChI is InChI=1S/C31H22Cl2N2O2S/c1-19-26(25-11-4-5-12-28(25)34(19)18-22-13-14-23(32)15-27(22)33)16-29-30(36)35(31(37)38-29)17-21-9-6-8-20-7-2-3-10-24(20)21/h2-16H,17-18H2,1H3/b29-16+. The molecule has 0 N–H and O–H groups in total. The average molecular weight is 558 g/mol. The first-order valence-corrected chi connectivity index (χ1v) is 13.7. The van der Waals surface area contributed by atoms with Gasteiger partial charge in [0.2, 0.25) is 0 Å². The summed E-state index contributed by atoms with van der Waals surface area (Å²) >= 11 is 13.6. The van der Waals surface area contributed by atoms with Crippen molar-refractivity contribution >= 4 is 73.9 Å². The fourth-order valence-electron chi connectivity index (χ4n) is 5.03. The summed E-state index contributed by atoms with van der Waals surface area (Å²) in [5.41, 5.74) is 4.82. The van der Waals surface area contributed by atoms with Gasteiger partial charge in [0.25, 0.3) is 11.1 Å². The number of amides is 2. The molecule has 0 radical (unpaired) electrons. The van der Waals surface area contributed by atoms with Gasteiger partial charge in [0.1, 0.15) is 0 Å². The van der Waals surface area contributed by atoms with Crippen LogP contribution in [-0.2, 0) is 17.9 Å². The highest BCUT2D eigenvalue weighted by molar-refractivity contribution is 8.18. The Kier molecular flexibility index (Phi) is 6.52. The minimum absolute atomic E-state index is 0.235. The number of halogens is 2. The molecule has 0 aliphatic carbocycles. The molecule has 4 nitrogen and oxygen atoms in total. The summed E-state index contributed by atoms with van der Waals surface area (Å²) in [6.07, 6.45) is 1.85. The van der Waals surface area contributed by atoms with Crippen LogP contribution >= 0.6 is 35.0 Å². The van der Waals surface area contributed by atoms with E-state index < -0.39 is 0 Å². The van der Waals surface area contributed by atoms with Gasteiger partial charge >= 0.3 is 0 Å². The van der Waals surface area contributed by atoms with E-state index >= 15 is 0 Å².